The van der Waals surface area contributed by atoms with Crippen molar-refractivity contribution in [2.75, 3.05) is 39.3 Å². The molecular formula is C13H25N5O2S. The lowest BCUT2D eigenvalue weighted by Gasteiger charge is -2.33. The van der Waals surface area contributed by atoms with Gasteiger partial charge in [-0.15, -0.1) is 0 Å². The number of hydrogen-bond donors (Lipinski definition) is 1. The zero-order valence-electron chi connectivity index (χ0n) is 12.6. The number of nitrogens with two attached hydrogens (primary N) is 1. The topological polar surface area (TPSA) is 84.5 Å². The van der Waals surface area contributed by atoms with Gasteiger partial charge in [-0.2, -0.15) is 4.31 Å². The summed E-state index contributed by atoms with van der Waals surface area (Å²) in [6.45, 7) is 7.00. The van der Waals surface area contributed by atoms with E-state index in [4.69, 9.17) is 5.73 Å². The van der Waals surface area contributed by atoms with E-state index in [1.165, 1.54) is 4.31 Å². The molecule has 0 atom stereocenters. The van der Waals surface area contributed by atoms with Crippen LogP contribution in [0, 0.1) is 0 Å². The van der Waals surface area contributed by atoms with Crippen LogP contribution >= 0.6 is 0 Å². The lowest BCUT2D eigenvalue weighted by atomic mass is 10.2. The summed E-state index contributed by atoms with van der Waals surface area (Å²) in [7, 11) is -3.45. The normalized spacial score (nSPS) is 18.2. The Morgan fingerprint density at radius 1 is 1.24 bits per heavy atom. The molecule has 8 heteroatoms. The second-order valence-electron chi connectivity index (χ2n) is 5.28. The summed E-state index contributed by atoms with van der Waals surface area (Å²) in [5.41, 5.74) is 5.49. The zero-order chi connectivity index (χ0) is 15.3. The number of hydrogen-bond acceptors (Lipinski definition) is 5. The third-order valence-corrected chi connectivity index (χ3v) is 5.62. The molecular weight excluding hydrogens is 290 g/mol. The molecule has 21 heavy (non-hydrogen) atoms. The van der Waals surface area contributed by atoms with Crippen LogP contribution in [0.4, 0.5) is 0 Å². The maximum atomic E-state index is 12.5. The highest BCUT2D eigenvalue weighted by molar-refractivity contribution is 7.89. The number of sulfonamides is 1. The maximum Gasteiger partial charge on any atom is 0.262 e. The van der Waals surface area contributed by atoms with Gasteiger partial charge in [0.2, 0.25) is 0 Å². The van der Waals surface area contributed by atoms with Gasteiger partial charge in [-0.1, -0.05) is 0 Å². The molecule has 0 bridgehead atoms. The predicted octanol–water partition coefficient (Wildman–Crippen LogP) is -0.0518. The first kappa shape index (κ1) is 16.4. The third kappa shape index (κ3) is 4.03. The summed E-state index contributed by atoms with van der Waals surface area (Å²) < 4.78 is 28.3. The Morgan fingerprint density at radius 3 is 2.52 bits per heavy atom. The standard InChI is InChI=1S/C13H25N5O2S/c1-2-16-11-13(15-12-16)21(19,20)18-9-7-17(8-10-18)6-4-3-5-14/h11-12H,2-10,14H2,1H3. The Kier molecular flexibility index (Phi) is 5.74. The van der Waals surface area contributed by atoms with Gasteiger partial charge in [0, 0.05) is 38.9 Å². The lowest BCUT2D eigenvalue weighted by molar-refractivity contribution is 0.186. The predicted molar refractivity (Wildman–Crippen MR) is 81.4 cm³/mol. The molecule has 0 aromatic carbocycles. The van der Waals surface area contributed by atoms with E-state index in [0.717, 1.165) is 39.0 Å². The molecule has 120 valence electrons. The molecule has 1 aromatic rings. The van der Waals surface area contributed by atoms with Crippen molar-refractivity contribution in [3.8, 4) is 0 Å². The van der Waals surface area contributed by atoms with Crippen LogP contribution in [0.1, 0.15) is 19.8 Å². The van der Waals surface area contributed by atoms with Gasteiger partial charge < -0.3 is 15.2 Å². The average molecular weight is 315 g/mol. The number of aromatic nitrogens is 2. The maximum absolute atomic E-state index is 12.5. The molecule has 2 N–H and O–H groups in total. The molecule has 7 nitrogen and oxygen atoms in total. The SMILES string of the molecule is CCn1cnc(S(=O)(=O)N2CCN(CCCCN)CC2)c1. The first-order valence-corrected chi connectivity index (χ1v) is 8.96. The van der Waals surface area contributed by atoms with Crippen LogP contribution in [0.3, 0.4) is 0 Å². The number of piperazine rings is 1. The molecule has 1 aliphatic heterocycles. The molecule has 0 amide bonds. The summed E-state index contributed by atoms with van der Waals surface area (Å²) in [6, 6.07) is 0. The molecule has 2 rings (SSSR count). The molecule has 1 saturated heterocycles. The summed E-state index contributed by atoms with van der Waals surface area (Å²) in [6.07, 6.45) is 5.26. The molecule has 1 fully saturated rings. The van der Waals surface area contributed by atoms with Crippen molar-refractivity contribution < 1.29 is 8.42 Å². The molecule has 0 radical (unpaired) electrons. The quantitative estimate of drug-likeness (QED) is 0.713. The Hall–Kier alpha value is -0.960. The highest BCUT2D eigenvalue weighted by atomic mass is 32.2. The minimum Gasteiger partial charge on any atom is -0.336 e. The van der Waals surface area contributed by atoms with E-state index in [2.05, 4.69) is 9.88 Å². The second kappa shape index (κ2) is 7.35. The first-order chi connectivity index (χ1) is 10.1. The minimum atomic E-state index is -3.45. The fourth-order valence-corrected chi connectivity index (χ4v) is 3.81. The van der Waals surface area contributed by atoms with Gasteiger partial charge in [0.25, 0.3) is 10.0 Å². The largest absolute Gasteiger partial charge is 0.336 e. The van der Waals surface area contributed by atoms with E-state index >= 15 is 0 Å². The van der Waals surface area contributed by atoms with Crippen molar-refractivity contribution in [2.45, 2.75) is 31.3 Å². The summed E-state index contributed by atoms with van der Waals surface area (Å²) >= 11 is 0. The van der Waals surface area contributed by atoms with Crippen LogP contribution < -0.4 is 5.73 Å². The first-order valence-electron chi connectivity index (χ1n) is 7.52. The van der Waals surface area contributed by atoms with Gasteiger partial charge in [0.15, 0.2) is 5.03 Å². The molecule has 1 aliphatic rings. The summed E-state index contributed by atoms with van der Waals surface area (Å²) in [5.74, 6) is 0. The monoisotopic (exact) mass is 315 g/mol. The van der Waals surface area contributed by atoms with Crippen LogP contribution in [-0.2, 0) is 16.6 Å². The Labute approximate surface area is 126 Å². The molecule has 1 aromatic heterocycles. The van der Waals surface area contributed by atoms with E-state index in [-0.39, 0.29) is 5.03 Å². The Bertz CT molecular complexity index is 535. The van der Waals surface area contributed by atoms with Crippen LogP contribution in [0.5, 0.6) is 0 Å². The van der Waals surface area contributed by atoms with Crippen molar-refractivity contribution in [2.24, 2.45) is 5.73 Å². The number of unbranched alkanes of at least 4 members (excludes halogenated alkanes) is 1. The summed E-state index contributed by atoms with van der Waals surface area (Å²) in [5, 5.41) is 0.154. The van der Waals surface area contributed by atoms with Crippen molar-refractivity contribution in [1.29, 1.82) is 0 Å². The van der Waals surface area contributed by atoms with Crippen LogP contribution in [0.15, 0.2) is 17.6 Å². The molecule has 0 unspecified atom stereocenters. The Balaban J connectivity index is 1.91. The van der Waals surface area contributed by atoms with Gasteiger partial charge in [-0.25, -0.2) is 13.4 Å². The highest BCUT2D eigenvalue weighted by Crippen LogP contribution is 2.16. The third-order valence-electron chi connectivity index (χ3n) is 3.84. The van der Waals surface area contributed by atoms with Gasteiger partial charge in [-0.05, 0) is 32.9 Å². The highest BCUT2D eigenvalue weighted by Gasteiger charge is 2.29. The molecule has 0 aliphatic carbocycles. The fraction of sp³-hybridized carbons (Fsp3) is 0.769. The number of aryl methyl sites for hydroxylation is 1. The summed E-state index contributed by atoms with van der Waals surface area (Å²) in [4.78, 5) is 6.32. The van der Waals surface area contributed by atoms with Crippen LogP contribution in [0.2, 0.25) is 0 Å². The van der Waals surface area contributed by atoms with Crippen molar-refractivity contribution in [3.63, 3.8) is 0 Å². The molecule has 0 saturated carbocycles. The van der Waals surface area contributed by atoms with Gasteiger partial charge in [-0.3, -0.25) is 0 Å². The number of nitrogens with zero attached hydrogens (tertiary/aromatic N) is 4. The number of imidazole rings is 1. The number of rotatable bonds is 7. The van der Waals surface area contributed by atoms with E-state index in [9.17, 15) is 8.42 Å². The van der Waals surface area contributed by atoms with Gasteiger partial charge >= 0.3 is 0 Å². The average Bonchev–Trinajstić information content (AvgIpc) is 2.98. The van der Waals surface area contributed by atoms with Crippen molar-refractivity contribution in [1.82, 2.24) is 18.8 Å². The second-order valence-corrected chi connectivity index (χ2v) is 7.17. The van der Waals surface area contributed by atoms with E-state index in [1.807, 2.05) is 6.92 Å². The molecule has 0 spiro atoms. The van der Waals surface area contributed by atoms with Crippen LogP contribution in [-0.4, -0.2) is 66.4 Å². The van der Waals surface area contributed by atoms with E-state index in [0.29, 0.717) is 19.6 Å². The fourth-order valence-electron chi connectivity index (χ4n) is 2.45. The van der Waals surface area contributed by atoms with Gasteiger partial charge in [0.05, 0.1) is 6.33 Å². The van der Waals surface area contributed by atoms with Crippen molar-refractivity contribution in [3.05, 3.63) is 12.5 Å². The minimum absolute atomic E-state index is 0.154. The molecule has 2 heterocycles. The van der Waals surface area contributed by atoms with E-state index < -0.39 is 10.0 Å². The Morgan fingerprint density at radius 2 is 1.95 bits per heavy atom. The lowest BCUT2D eigenvalue weighted by Crippen LogP contribution is -2.48. The van der Waals surface area contributed by atoms with Crippen molar-refractivity contribution >= 4 is 10.0 Å². The van der Waals surface area contributed by atoms with E-state index in [1.54, 1.807) is 17.1 Å². The van der Waals surface area contributed by atoms with Gasteiger partial charge in [0.1, 0.15) is 0 Å². The zero-order valence-corrected chi connectivity index (χ0v) is 13.4. The smallest absolute Gasteiger partial charge is 0.262 e. The van der Waals surface area contributed by atoms with Crippen LogP contribution in [0.25, 0.3) is 0 Å².